The SMILES string of the molecule is c1ccc(-c2ccccc2-c2c3ccccc3c(-c3cccc4ccccc34)c3cccc(-c4ccc(-c5cccc6ccccc56)cc4)c23)cc1. The summed E-state index contributed by atoms with van der Waals surface area (Å²) in [5.41, 5.74) is 12.4. The summed E-state index contributed by atoms with van der Waals surface area (Å²) >= 11 is 0. The first-order valence-electron chi connectivity index (χ1n) is 18.0. The molecule has 0 aliphatic rings. The van der Waals surface area contributed by atoms with Crippen LogP contribution in [0.5, 0.6) is 0 Å². The van der Waals surface area contributed by atoms with Crippen LogP contribution in [0.2, 0.25) is 0 Å². The average molecular weight is 659 g/mol. The molecule has 0 amide bonds. The summed E-state index contributed by atoms with van der Waals surface area (Å²) in [5.74, 6) is 0. The summed E-state index contributed by atoms with van der Waals surface area (Å²) in [5, 5.41) is 10.1. The second-order valence-corrected chi connectivity index (χ2v) is 13.6. The Morgan fingerprint density at radius 3 is 1.29 bits per heavy atom. The lowest BCUT2D eigenvalue weighted by Crippen LogP contribution is -1.95. The van der Waals surface area contributed by atoms with Crippen LogP contribution in [0.25, 0.3) is 98.7 Å². The zero-order valence-electron chi connectivity index (χ0n) is 28.6. The van der Waals surface area contributed by atoms with Gasteiger partial charge in [0.2, 0.25) is 0 Å². The molecule has 0 fully saturated rings. The summed E-state index contributed by atoms with van der Waals surface area (Å²) in [7, 11) is 0. The molecule has 10 aromatic carbocycles. The van der Waals surface area contributed by atoms with E-state index in [1.165, 1.54) is 98.7 Å². The van der Waals surface area contributed by atoms with E-state index in [9.17, 15) is 0 Å². The zero-order valence-corrected chi connectivity index (χ0v) is 28.6. The third kappa shape index (κ3) is 4.92. The molecule has 10 rings (SSSR count). The van der Waals surface area contributed by atoms with Crippen molar-refractivity contribution in [1.82, 2.24) is 0 Å². The minimum atomic E-state index is 1.20. The zero-order chi connectivity index (χ0) is 34.4. The van der Waals surface area contributed by atoms with Crippen molar-refractivity contribution in [3.05, 3.63) is 206 Å². The lowest BCUT2D eigenvalue weighted by molar-refractivity contribution is 1.60. The van der Waals surface area contributed by atoms with Crippen molar-refractivity contribution in [3.8, 4) is 55.6 Å². The Morgan fingerprint density at radius 2 is 0.596 bits per heavy atom. The van der Waals surface area contributed by atoms with Gasteiger partial charge in [0.25, 0.3) is 0 Å². The predicted molar refractivity (Wildman–Crippen MR) is 224 cm³/mol. The second kappa shape index (κ2) is 12.5. The molecular formula is C52H34. The van der Waals surface area contributed by atoms with E-state index < -0.39 is 0 Å². The largest absolute Gasteiger partial charge is 0.0622 e. The fourth-order valence-corrected chi connectivity index (χ4v) is 8.36. The van der Waals surface area contributed by atoms with Crippen LogP contribution in [0.4, 0.5) is 0 Å². The highest BCUT2D eigenvalue weighted by Crippen LogP contribution is 2.50. The van der Waals surface area contributed by atoms with Gasteiger partial charge in [-0.05, 0) is 98.7 Å². The van der Waals surface area contributed by atoms with Gasteiger partial charge in [-0.15, -0.1) is 0 Å². The van der Waals surface area contributed by atoms with E-state index in [4.69, 9.17) is 0 Å². The van der Waals surface area contributed by atoms with Crippen LogP contribution in [-0.4, -0.2) is 0 Å². The van der Waals surface area contributed by atoms with Gasteiger partial charge in [-0.25, -0.2) is 0 Å². The third-order valence-electron chi connectivity index (χ3n) is 10.7. The minimum absolute atomic E-state index is 1.20. The van der Waals surface area contributed by atoms with Crippen LogP contribution >= 0.6 is 0 Å². The van der Waals surface area contributed by atoms with Gasteiger partial charge in [-0.2, -0.15) is 0 Å². The number of fused-ring (bicyclic) bond motifs is 4. The molecule has 242 valence electrons. The Kier molecular flexibility index (Phi) is 7.25. The summed E-state index contributed by atoms with van der Waals surface area (Å²) in [4.78, 5) is 0. The van der Waals surface area contributed by atoms with Crippen molar-refractivity contribution in [2.45, 2.75) is 0 Å². The maximum absolute atomic E-state index is 2.33. The summed E-state index contributed by atoms with van der Waals surface area (Å²) in [6.45, 7) is 0. The van der Waals surface area contributed by atoms with Gasteiger partial charge in [0.05, 0.1) is 0 Å². The van der Waals surface area contributed by atoms with E-state index in [0.717, 1.165) is 0 Å². The molecule has 0 bridgehead atoms. The fraction of sp³-hybridized carbons (Fsp3) is 0. The van der Waals surface area contributed by atoms with E-state index >= 15 is 0 Å². The lowest BCUT2D eigenvalue weighted by atomic mass is 9.80. The smallest absolute Gasteiger partial charge is 0.00139 e. The van der Waals surface area contributed by atoms with Crippen LogP contribution in [-0.2, 0) is 0 Å². The molecule has 0 atom stereocenters. The standard InChI is InChI=1S/C52H34/c1-2-15-35(16-3-1)43-23-8-9-24-46(43)52-48-26-11-10-25-47(48)50(45-29-13-20-37-18-5-7-22-42(37)45)49-30-14-28-44(51(49)52)39-33-31-38(32-34-39)41-27-12-19-36-17-4-6-21-40(36)41/h1-34H. The van der Waals surface area contributed by atoms with Crippen LogP contribution < -0.4 is 0 Å². The highest BCUT2D eigenvalue weighted by Gasteiger charge is 2.22. The van der Waals surface area contributed by atoms with Gasteiger partial charge in [-0.3, -0.25) is 0 Å². The van der Waals surface area contributed by atoms with E-state index in [1.807, 2.05) is 0 Å². The van der Waals surface area contributed by atoms with Crippen LogP contribution in [0.3, 0.4) is 0 Å². The molecule has 52 heavy (non-hydrogen) atoms. The van der Waals surface area contributed by atoms with Gasteiger partial charge in [0, 0.05) is 0 Å². The summed E-state index contributed by atoms with van der Waals surface area (Å²) in [6, 6.07) is 75.6. The van der Waals surface area contributed by atoms with Crippen molar-refractivity contribution in [2.75, 3.05) is 0 Å². The average Bonchev–Trinajstić information content (AvgIpc) is 3.22. The number of hydrogen-bond acceptors (Lipinski definition) is 0. The second-order valence-electron chi connectivity index (χ2n) is 13.6. The molecular weight excluding hydrogens is 625 g/mol. The molecule has 0 aliphatic heterocycles. The van der Waals surface area contributed by atoms with Crippen molar-refractivity contribution >= 4 is 43.1 Å². The molecule has 0 heteroatoms. The van der Waals surface area contributed by atoms with Crippen LogP contribution in [0.15, 0.2) is 206 Å². The number of benzene rings is 10. The normalized spacial score (nSPS) is 11.5. The van der Waals surface area contributed by atoms with Crippen LogP contribution in [0.1, 0.15) is 0 Å². The molecule has 0 nitrogen and oxygen atoms in total. The first-order valence-corrected chi connectivity index (χ1v) is 18.0. The molecule has 0 radical (unpaired) electrons. The molecule has 0 N–H and O–H groups in total. The molecule has 0 saturated carbocycles. The molecule has 10 aromatic rings. The van der Waals surface area contributed by atoms with E-state index in [0.29, 0.717) is 0 Å². The Morgan fingerprint density at radius 1 is 0.192 bits per heavy atom. The summed E-state index contributed by atoms with van der Waals surface area (Å²) < 4.78 is 0. The Bertz CT molecular complexity index is 2920. The maximum Gasteiger partial charge on any atom is -0.00139 e. The highest BCUT2D eigenvalue weighted by atomic mass is 14.2. The van der Waals surface area contributed by atoms with Crippen molar-refractivity contribution in [2.24, 2.45) is 0 Å². The van der Waals surface area contributed by atoms with E-state index in [1.54, 1.807) is 0 Å². The monoisotopic (exact) mass is 658 g/mol. The van der Waals surface area contributed by atoms with E-state index in [-0.39, 0.29) is 0 Å². The molecule has 0 aliphatic carbocycles. The minimum Gasteiger partial charge on any atom is -0.0622 e. The van der Waals surface area contributed by atoms with Crippen molar-refractivity contribution < 1.29 is 0 Å². The quantitative estimate of drug-likeness (QED) is 0.161. The molecule has 0 unspecified atom stereocenters. The Balaban J connectivity index is 1.31. The molecule has 0 aromatic heterocycles. The van der Waals surface area contributed by atoms with Gasteiger partial charge >= 0.3 is 0 Å². The van der Waals surface area contributed by atoms with E-state index in [2.05, 4.69) is 206 Å². The highest BCUT2D eigenvalue weighted by molar-refractivity contribution is 6.27. The van der Waals surface area contributed by atoms with Gasteiger partial charge < -0.3 is 0 Å². The first kappa shape index (κ1) is 30.1. The fourth-order valence-electron chi connectivity index (χ4n) is 8.36. The van der Waals surface area contributed by atoms with Gasteiger partial charge in [0.1, 0.15) is 0 Å². The third-order valence-corrected chi connectivity index (χ3v) is 10.7. The van der Waals surface area contributed by atoms with Crippen molar-refractivity contribution in [1.29, 1.82) is 0 Å². The molecule has 0 heterocycles. The lowest BCUT2D eigenvalue weighted by Gasteiger charge is -2.22. The maximum atomic E-state index is 2.33. The topological polar surface area (TPSA) is 0 Å². The Labute approximate surface area is 303 Å². The van der Waals surface area contributed by atoms with Gasteiger partial charge in [0.15, 0.2) is 0 Å². The number of rotatable bonds is 5. The first-order chi connectivity index (χ1) is 25.8. The molecule has 0 spiro atoms. The Hall–Kier alpha value is -6.76. The molecule has 0 saturated heterocycles. The summed E-state index contributed by atoms with van der Waals surface area (Å²) in [6.07, 6.45) is 0. The number of hydrogen-bond donors (Lipinski definition) is 0. The van der Waals surface area contributed by atoms with Gasteiger partial charge in [-0.1, -0.05) is 206 Å². The van der Waals surface area contributed by atoms with Crippen molar-refractivity contribution in [3.63, 3.8) is 0 Å². The van der Waals surface area contributed by atoms with Crippen LogP contribution in [0, 0.1) is 0 Å². The predicted octanol–water partition coefficient (Wildman–Crippen LogP) is 14.6.